The van der Waals surface area contributed by atoms with E-state index in [1.807, 2.05) is 42.6 Å². The Morgan fingerprint density at radius 2 is 2.04 bits per heavy atom. The van der Waals surface area contributed by atoms with Gasteiger partial charge in [0.1, 0.15) is 5.39 Å². The predicted molar refractivity (Wildman–Crippen MR) is 98.8 cm³/mol. The maximum atomic E-state index is 12.5. The molecule has 4 aromatic rings. The van der Waals surface area contributed by atoms with E-state index in [4.69, 9.17) is 0 Å². The number of aliphatic hydroxyl groups is 1. The van der Waals surface area contributed by atoms with Gasteiger partial charge in [0.15, 0.2) is 5.65 Å². The largest absolute Gasteiger partial charge is 0.391 e. The maximum absolute atomic E-state index is 12.5. The van der Waals surface area contributed by atoms with Gasteiger partial charge in [0, 0.05) is 12.4 Å². The van der Waals surface area contributed by atoms with E-state index in [0.717, 1.165) is 5.69 Å². The highest BCUT2D eigenvalue weighted by Crippen LogP contribution is 2.34. The first-order valence-corrected chi connectivity index (χ1v) is 8.68. The normalized spacial score (nSPS) is 21.9. The van der Waals surface area contributed by atoms with Gasteiger partial charge in [-0.05, 0) is 24.6 Å². The summed E-state index contributed by atoms with van der Waals surface area (Å²) >= 11 is 0. The Hall–Kier alpha value is -3.46. The lowest BCUT2D eigenvalue weighted by atomic mass is 9.83. The maximum Gasteiger partial charge on any atom is 0.263 e. The number of hydrogen-bond acceptors (Lipinski definition) is 6. The molecule has 3 aromatic heterocycles. The van der Waals surface area contributed by atoms with Crippen LogP contribution >= 0.6 is 0 Å². The molecule has 0 amide bonds. The minimum Gasteiger partial charge on any atom is -0.391 e. The number of nitrogens with zero attached hydrogens (tertiary/aromatic N) is 5. The van der Waals surface area contributed by atoms with Crippen molar-refractivity contribution in [3.05, 3.63) is 65.3 Å². The molecule has 3 unspecified atom stereocenters. The Labute approximate surface area is 153 Å². The summed E-state index contributed by atoms with van der Waals surface area (Å²) in [5.74, 6) is 0.347. The first kappa shape index (κ1) is 15.8. The molecule has 0 saturated heterocycles. The molecule has 1 saturated carbocycles. The molecule has 3 atom stereocenters. The molecule has 1 aliphatic rings. The zero-order valence-electron chi connectivity index (χ0n) is 14.2. The third-order valence-corrected chi connectivity index (χ3v) is 4.89. The summed E-state index contributed by atoms with van der Waals surface area (Å²) in [6, 6.07) is 11.0. The van der Waals surface area contributed by atoms with E-state index in [9.17, 15) is 9.90 Å². The van der Waals surface area contributed by atoms with Crippen LogP contribution in [0.25, 0.3) is 16.7 Å². The molecule has 3 heterocycles. The molecule has 1 aliphatic carbocycles. The fourth-order valence-electron chi connectivity index (χ4n) is 3.49. The second-order valence-corrected chi connectivity index (χ2v) is 6.57. The predicted octanol–water partition coefficient (Wildman–Crippen LogP) is 1.09. The number of fused-ring (bicyclic) bond motifs is 1. The van der Waals surface area contributed by atoms with E-state index < -0.39 is 6.10 Å². The van der Waals surface area contributed by atoms with E-state index in [1.165, 1.54) is 6.20 Å². The van der Waals surface area contributed by atoms with Crippen LogP contribution in [0.15, 0.2) is 59.8 Å². The molecule has 0 spiro atoms. The van der Waals surface area contributed by atoms with Crippen LogP contribution in [0.5, 0.6) is 0 Å². The van der Waals surface area contributed by atoms with Crippen molar-refractivity contribution in [2.24, 2.45) is 0 Å². The van der Waals surface area contributed by atoms with Crippen molar-refractivity contribution in [1.82, 2.24) is 29.5 Å². The number of hydrogen-bond donors (Lipinski definition) is 3. The number of aromatic nitrogens is 6. The Morgan fingerprint density at radius 3 is 2.78 bits per heavy atom. The number of anilines is 1. The molecule has 9 nitrogen and oxygen atoms in total. The van der Waals surface area contributed by atoms with Gasteiger partial charge in [0.25, 0.3) is 5.56 Å². The van der Waals surface area contributed by atoms with Gasteiger partial charge in [0.05, 0.1) is 30.1 Å². The summed E-state index contributed by atoms with van der Waals surface area (Å²) in [5, 5.41) is 22.2. The van der Waals surface area contributed by atoms with Crippen LogP contribution in [-0.4, -0.2) is 46.8 Å². The standard InChI is InChI=1S/C18H17N7O2/c26-14-9-13(15(14)24-8-4-7-19-24)21-18-22-16-12(17(27)23-18)10-20-25(16)11-5-2-1-3-6-11/h1-8,10,13-15,26H,9H2,(H2,21,22,23,27). The van der Waals surface area contributed by atoms with E-state index in [1.54, 1.807) is 15.6 Å². The Kier molecular flexibility index (Phi) is 3.54. The summed E-state index contributed by atoms with van der Waals surface area (Å²) in [7, 11) is 0. The highest BCUT2D eigenvalue weighted by Gasteiger charge is 2.42. The van der Waals surface area contributed by atoms with Crippen molar-refractivity contribution in [2.45, 2.75) is 24.6 Å². The average molecular weight is 363 g/mol. The second-order valence-electron chi connectivity index (χ2n) is 6.57. The third-order valence-electron chi connectivity index (χ3n) is 4.89. The van der Waals surface area contributed by atoms with Crippen molar-refractivity contribution in [3.8, 4) is 5.69 Å². The molecule has 0 bridgehead atoms. The molecule has 3 N–H and O–H groups in total. The smallest absolute Gasteiger partial charge is 0.263 e. The first-order chi connectivity index (χ1) is 13.2. The van der Waals surface area contributed by atoms with Gasteiger partial charge in [-0.15, -0.1) is 0 Å². The zero-order valence-corrected chi connectivity index (χ0v) is 14.2. The third kappa shape index (κ3) is 2.59. The Bertz CT molecular complexity index is 1130. The lowest BCUT2D eigenvalue weighted by molar-refractivity contribution is 0.0132. The number of aliphatic hydroxyl groups excluding tert-OH is 1. The van der Waals surface area contributed by atoms with E-state index >= 15 is 0 Å². The highest BCUT2D eigenvalue weighted by atomic mass is 16.3. The molecular weight excluding hydrogens is 346 g/mol. The highest BCUT2D eigenvalue weighted by molar-refractivity contribution is 5.76. The van der Waals surface area contributed by atoms with E-state index in [-0.39, 0.29) is 17.6 Å². The number of benzene rings is 1. The second kappa shape index (κ2) is 6.06. The summed E-state index contributed by atoms with van der Waals surface area (Å²) in [6.07, 6.45) is 5.05. The molecule has 0 radical (unpaired) electrons. The first-order valence-electron chi connectivity index (χ1n) is 8.68. The van der Waals surface area contributed by atoms with Crippen molar-refractivity contribution in [2.75, 3.05) is 5.32 Å². The minimum absolute atomic E-state index is 0.0893. The van der Waals surface area contributed by atoms with Crippen LogP contribution in [0.3, 0.4) is 0 Å². The van der Waals surface area contributed by atoms with Crippen LogP contribution in [0.4, 0.5) is 5.95 Å². The zero-order chi connectivity index (χ0) is 18.4. The minimum atomic E-state index is -0.493. The van der Waals surface area contributed by atoms with Crippen LogP contribution in [0.1, 0.15) is 12.5 Å². The topological polar surface area (TPSA) is 114 Å². The van der Waals surface area contributed by atoms with Crippen molar-refractivity contribution in [1.29, 1.82) is 0 Å². The van der Waals surface area contributed by atoms with Crippen molar-refractivity contribution >= 4 is 17.0 Å². The van der Waals surface area contributed by atoms with Crippen LogP contribution in [0, 0.1) is 0 Å². The van der Waals surface area contributed by atoms with Gasteiger partial charge in [0.2, 0.25) is 5.95 Å². The summed E-state index contributed by atoms with van der Waals surface area (Å²) in [4.78, 5) is 19.8. The van der Waals surface area contributed by atoms with Gasteiger partial charge < -0.3 is 10.4 Å². The SMILES string of the molecule is O=c1[nH]c(NC2CC(O)C2n2cccn2)nc2c1cnn2-c1ccccc1. The molecule has 9 heteroatoms. The molecule has 1 fully saturated rings. The summed E-state index contributed by atoms with van der Waals surface area (Å²) in [5.41, 5.74) is 1.04. The quantitative estimate of drug-likeness (QED) is 0.500. The van der Waals surface area contributed by atoms with Gasteiger partial charge >= 0.3 is 0 Å². The number of para-hydroxylation sites is 1. The Morgan fingerprint density at radius 1 is 1.19 bits per heavy atom. The van der Waals surface area contributed by atoms with E-state index in [0.29, 0.717) is 23.4 Å². The molecule has 5 rings (SSSR count). The van der Waals surface area contributed by atoms with E-state index in [2.05, 4.69) is 25.5 Å². The molecule has 0 aliphatic heterocycles. The summed E-state index contributed by atoms with van der Waals surface area (Å²) in [6.45, 7) is 0. The van der Waals surface area contributed by atoms with Crippen LogP contribution in [-0.2, 0) is 0 Å². The van der Waals surface area contributed by atoms with Crippen molar-refractivity contribution < 1.29 is 5.11 Å². The molecule has 27 heavy (non-hydrogen) atoms. The van der Waals surface area contributed by atoms with Gasteiger partial charge in [-0.1, -0.05) is 18.2 Å². The monoisotopic (exact) mass is 363 g/mol. The van der Waals surface area contributed by atoms with Gasteiger partial charge in [-0.2, -0.15) is 15.2 Å². The average Bonchev–Trinajstić information content (AvgIpc) is 3.32. The fraction of sp³-hybridized carbons (Fsp3) is 0.222. The number of nitrogens with one attached hydrogen (secondary N) is 2. The fourth-order valence-corrected chi connectivity index (χ4v) is 3.49. The van der Waals surface area contributed by atoms with Crippen molar-refractivity contribution in [3.63, 3.8) is 0 Å². The van der Waals surface area contributed by atoms with Gasteiger partial charge in [-0.3, -0.25) is 14.5 Å². The molecule has 136 valence electrons. The number of H-pyrrole nitrogens is 1. The Balaban J connectivity index is 1.50. The number of aromatic amines is 1. The number of rotatable bonds is 4. The van der Waals surface area contributed by atoms with Crippen LogP contribution in [0.2, 0.25) is 0 Å². The lowest BCUT2D eigenvalue weighted by Gasteiger charge is -2.41. The molecular formula is C18H17N7O2. The summed E-state index contributed by atoms with van der Waals surface area (Å²) < 4.78 is 3.35. The molecule has 1 aromatic carbocycles. The van der Waals surface area contributed by atoms with Gasteiger partial charge in [-0.25, -0.2) is 4.68 Å². The van der Waals surface area contributed by atoms with Crippen LogP contribution < -0.4 is 10.9 Å². The lowest BCUT2D eigenvalue weighted by Crippen LogP contribution is -2.51.